The lowest BCUT2D eigenvalue weighted by Gasteiger charge is -2.29. The first-order valence-electron chi connectivity index (χ1n) is 9.24. The van der Waals surface area contributed by atoms with Crippen LogP contribution < -0.4 is 14.4 Å². The van der Waals surface area contributed by atoms with Gasteiger partial charge in [-0.1, -0.05) is 0 Å². The first kappa shape index (κ1) is 18.5. The van der Waals surface area contributed by atoms with Crippen LogP contribution in [0, 0.1) is 0 Å². The lowest BCUT2D eigenvalue weighted by Crippen LogP contribution is -2.36. The van der Waals surface area contributed by atoms with Gasteiger partial charge in [-0.15, -0.1) is 11.3 Å². The van der Waals surface area contributed by atoms with Gasteiger partial charge in [0.15, 0.2) is 0 Å². The molecular formula is C22H22N2O3S. The van der Waals surface area contributed by atoms with Crippen molar-refractivity contribution in [3.05, 3.63) is 59.1 Å². The zero-order valence-corrected chi connectivity index (χ0v) is 16.8. The summed E-state index contributed by atoms with van der Waals surface area (Å²) < 4.78 is 10.5. The number of fused-ring (bicyclic) bond motifs is 1. The van der Waals surface area contributed by atoms with Gasteiger partial charge in [0.1, 0.15) is 16.5 Å². The second-order valence-corrected chi connectivity index (χ2v) is 7.55. The van der Waals surface area contributed by atoms with Gasteiger partial charge in [0.25, 0.3) is 0 Å². The van der Waals surface area contributed by atoms with Crippen molar-refractivity contribution in [2.45, 2.75) is 19.3 Å². The maximum Gasteiger partial charge on any atom is 0.233 e. The van der Waals surface area contributed by atoms with Crippen molar-refractivity contribution in [3.63, 3.8) is 0 Å². The number of benzene rings is 2. The average Bonchev–Trinajstić information content (AvgIpc) is 3.21. The smallest absolute Gasteiger partial charge is 0.233 e. The molecule has 0 bridgehead atoms. The van der Waals surface area contributed by atoms with Crippen molar-refractivity contribution in [1.82, 2.24) is 4.98 Å². The van der Waals surface area contributed by atoms with E-state index in [-0.39, 0.29) is 5.91 Å². The maximum atomic E-state index is 13.0. The summed E-state index contributed by atoms with van der Waals surface area (Å²) in [6.45, 7) is 0.744. The molecule has 144 valence electrons. The Balaban J connectivity index is 1.50. The molecule has 2 aromatic carbocycles. The first-order chi connectivity index (χ1) is 13.7. The van der Waals surface area contributed by atoms with Gasteiger partial charge in [-0.25, -0.2) is 4.98 Å². The second kappa shape index (κ2) is 8.02. The standard InChI is InChI=1S/C22H22N2O3S/c1-26-18-7-5-15(6-8-18)22-23-17(14-28-22)13-21(25)24-11-3-4-16-12-19(27-2)9-10-20(16)24/h5-10,12,14H,3-4,11,13H2,1-2H3. The summed E-state index contributed by atoms with van der Waals surface area (Å²) in [6, 6.07) is 13.7. The molecule has 0 unspecified atom stereocenters. The zero-order valence-electron chi connectivity index (χ0n) is 16.0. The molecule has 2 heterocycles. The molecule has 0 radical (unpaired) electrons. The molecule has 4 rings (SSSR count). The summed E-state index contributed by atoms with van der Waals surface area (Å²) in [6.07, 6.45) is 2.23. The topological polar surface area (TPSA) is 51.7 Å². The van der Waals surface area contributed by atoms with Crippen LogP contribution in [0.25, 0.3) is 10.6 Å². The first-order valence-corrected chi connectivity index (χ1v) is 10.1. The van der Waals surface area contributed by atoms with Crippen LogP contribution in [0.1, 0.15) is 17.7 Å². The van der Waals surface area contributed by atoms with Crippen molar-refractivity contribution < 1.29 is 14.3 Å². The number of hydrogen-bond donors (Lipinski definition) is 0. The predicted molar refractivity (Wildman–Crippen MR) is 111 cm³/mol. The molecule has 0 atom stereocenters. The van der Waals surface area contributed by atoms with E-state index in [0.717, 1.165) is 58.4 Å². The molecule has 0 saturated heterocycles. The quantitative estimate of drug-likeness (QED) is 0.646. The van der Waals surface area contributed by atoms with Crippen LogP contribution in [0.3, 0.4) is 0 Å². The third-order valence-electron chi connectivity index (χ3n) is 4.93. The lowest BCUT2D eigenvalue weighted by molar-refractivity contribution is -0.118. The minimum atomic E-state index is 0.0812. The summed E-state index contributed by atoms with van der Waals surface area (Å²) in [7, 11) is 3.31. The molecule has 3 aromatic rings. The molecule has 0 saturated carbocycles. The highest BCUT2D eigenvalue weighted by Crippen LogP contribution is 2.31. The number of methoxy groups -OCH3 is 2. The van der Waals surface area contributed by atoms with E-state index in [9.17, 15) is 4.79 Å². The zero-order chi connectivity index (χ0) is 19.5. The number of thiazole rings is 1. The van der Waals surface area contributed by atoms with Gasteiger partial charge in [0.2, 0.25) is 5.91 Å². The van der Waals surface area contributed by atoms with Crippen molar-refractivity contribution >= 4 is 22.9 Å². The molecule has 0 spiro atoms. The Bertz CT molecular complexity index is 982. The minimum Gasteiger partial charge on any atom is -0.497 e. The number of carbonyl (C=O) groups excluding carboxylic acids is 1. The highest BCUT2D eigenvalue weighted by atomic mass is 32.1. The SMILES string of the molecule is COc1ccc(-c2nc(CC(=O)N3CCCc4cc(OC)ccc43)cs2)cc1. The summed E-state index contributed by atoms with van der Waals surface area (Å²) in [4.78, 5) is 19.5. The normalized spacial score (nSPS) is 13.1. The Morgan fingerprint density at radius 1 is 1.11 bits per heavy atom. The van der Waals surface area contributed by atoms with Crippen LogP contribution in [0.5, 0.6) is 11.5 Å². The number of aromatic nitrogens is 1. The van der Waals surface area contributed by atoms with E-state index in [1.54, 1.807) is 25.6 Å². The molecule has 1 aromatic heterocycles. The van der Waals surface area contributed by atoms with Crippen molar-refractivity contribution in [2.24, 2.45) is 0 Å². The summed E-state index contributed by atoms with van der Waals surface area (Å²) >= 11 is 1.56. The van der Waals surface area contributed by atoms with Crippen molar-refractivity contribution in [1.29, 1.82) is 0 Å². The van der Waals surface area contributed by atoms with Gasteiger partial charge in [0.05, 0.1) is 26.3 Å². The van der Waals surface area contributed by atoms with Crippen LogP contribution in [0.4, 0.5) is 5.69 Å². The number of ether oxygens (including phenoxy) is 2. The van der Waals surface area contributed by atoms with E-state index in [4.69, 9.17) is 9.47 Å². The lowest BCUT2D eigenvalue weighted by atomic mass is 10.0. The number of amides is 1. The number of anilines is 1. The Morgan fingerprint density at radius 3 is 2.61 bits per heavy atom. The molecular weight excluding hydrogens is 372 g/mol. The maximum absolute atomic E-state index is 13.0. The van der Waals surface area contributed by atoms with E-state index >= 15 is 0 Å². The van der Waals surface area contributed by atoms with Crippen LogP contribution >= 0.6 is 11.3 Å². The molecule has 0 N–H and O–H groups in total. The van der Waals surface area contributed by atoms with Crippen LogP contribution in [-0.4, -0.2) is 31.7 Å². The van der Waals surface area contributed by atoms with E-state index in [2.05, 4.69) is 4.98 Å². The van der Waals surface area contributed by atoms with Crippen LogP contribution in [-0.2, 0) is 17.6 Å². The molecule has 28 heavy (non-hydrogen) atoms. The third kappa shape index (κ3) is 3.73. The fourth-order valence-electron chi connectivity index (χ4n) is 3.46. The Hall–Kier alpha value is -2.86. The molecule has 1 amide bonds. The Morgan fingerprint density at radius 2 is 1.86 bits per heavy atom. The molecule has 6 heteroatoms. The van der Waals surface area contributed by atoms with Crippen LogP contribution in [0.15, 0.2) is 47.8 Å². The number of aryl methyl sites for hydroxylation is 1. The Kier molecular flexibility index (Phi) is 5.30. The number of rotatable bonds is 5. The fraction of sp³-hybridized carbons (Fsp3) is 0.273. The number of hydrogen-bond acceptors (Lipinski definition) is 5. The van der Waals surface area contributed by atoms with Crippen LogP contribution in [0.2, 0.25) is 0 Å². The third-order valence-corrected chi connectivity index (χ3v) is 5.87. The van der Waals surface area contributed by atoms with E-state index in [0.29, 0.717) is 6.42 Å². The van der Waals surface area contributed by atoms with Crippen molar-refractivity contribution in [3.8, 4) is 22.1 Å². The van der Waals surface area contributed by atoms with Gasteiger partial charge >= 0.3 is 0 Å². The largest absolute Gasteiger partial charge is 0.497 e. The monoisotopic (exact) mass is 394 g/mol. The highest BCUT2D eigenvalue weighted by molar-refractivity contribution is 7.13. The van der Waals surface area contributed by atoms with Gasteiger partial charge in [0, 0.05) is 23.2 Å². The molecule has 0 aliphatic carbocycles. The molecule has 1 aliphatic heterocycles. The minimum absolute atomic E-state index is 0.0812. The number of nitrogens with zero attached hydrogens (tertiary/aromatic N) is 2. The number of carbonyl (C=O) groups is 1. The van der Waals surface area contributed by atoms with Gasteiger partial charge < -0.3 is 14.4 Å². The summed E-state index contributed by atoms with van der Waals surface area (Å²) in [5.41, 5.74) is 3.99. The second-order valence-electron chi connectivity index (χ2n) is 6.69. The summed E-state index contributed by atoms with van der Waals surface area (Å²) in [5, 5.41) is 2.88. The fourth-order valence-corrected chi connectivity index (χ4v) is 4.29. The van der Waals surface area contributed by atoms with E-state index in [1.807, 2.05) is 52.7 Å². The molecule has 1 aliphatic rings. The summed E-state index contributed by atoms with van der Waals surface area (Å²) in [5.74, 6) is 1.73. The van der Waals surface area contributed by atoms with Gasteiger partial charge in [-0.05, 0) is 60.9 Å². The van der Waals surface area contributed by atoms with Crippen molar-refractivity contribution in [2.75, 3.05) is 25.7 Å². The van der Waals surface area contributed by atoms with E-state index in [1.165, 1.54) is 0 Å². The van der Waals surface area contributed by atoms with Gasteiger partial charge in [-0.2, -0.15) is 0 Å². The average molecular weight is 394 g/mol. The molecule has 0 fully saturated rings. The van der Waals surface area contributed by atoms with E-state index < -0.39 is 0 Å². The predicted octanol–water partition coefficient (Wildman–Crippen LogP) is 4.35. The van der Waals surface area contributed by atoms with Gasteiger partial charge in [-0.3, -0.25) is 4.79 Å². The Labute approximate surface area is 168 Å². The highest BCUT2D eigenvalue weighted by Gasteiger charge is 2.23. The molecule has 5 nitrogen and oxygen atoms in total.